The molecule has 2 nitrogen and oxygen atoms in total. The second-order valence-electron chi connectivity index (χ2n) is 2.11. The molecule has 0 atom stereocenters. The molecule has 0 amide bonds. The number of hydrogen-bond acceptors (Lipinski definition) is 2. The van der Waals surface area contributed by atoms with E-state index in [1.54, 1.807) is 18.3 Å². The summed E-state index contributed by atoms with van der Waals surface area (Å²) >= 11 is 3.26. The van der Waals surface area contributed by atoms with Crippen molar-refractivity contribution in [2.45, 2.75) is 6.42 Å². The van der Waals surface area contributed by atoms with Crippen molar-refractivity contribution in [3.63, 3.8) is 0 Å². The SMILES string of the molecule is Oc1cccnc1C#CCCBr. The lowest BCUT2D eigenvalue weighted by Gasteiger charge is -1.91. The summed E-state index contributed by atoms with van der Waals surface area (Å²) in [6.45, 7) is 0. The maximum Gasteiger partial charge on any atom is 0.154 e. The third kappa shape index (κ3) is 2.55. The van der Waals surface area contributed by atoms with Gasteiger partial charge in [-0.15, -0.1) is 0 Å². The van der Waals surface area contributed by atoms with Crippen LogP contribution in [0.15, 0.2) is 18.3 Å². The van der Waals surface area contributed by atoms with Gasteiger partial charge in [0, 0.05) is 17.9 Å². The number of aromatic nitrogens is 1. The maximum absolute atomic E-state index is 9.23. The summed E-state index contributed by atoms with van der Waals surface area (Å²) in [6, 6.07) is 3.25. The molecule has 0 bridgehead atoms. The van der Waals surface area contributed by atoms with Crippen LogP contribution in [0.3, 0.4) is 0 Å². The second-order valence-corrected chi connectivity index (χ2v) is 2.90. The van der Waals surface area contributed by atoms with E-state index in [9.17, 15) is 5.11 Å². The molecule has 0 aromatic carbocycles. The molecule has 1 aromatic rings. The molecule has 0 radical (unpaired) electrons. The van der Waals surface area contributed by atoms with Crippen LogP contribution >= 0.6 is 15.9 Å². The van der Waals surface area contributed by atoms with E-state index in [-0.39, 0.29) is 5.75 Å². The van der Waals surface area contributed by atoms with Gasteiger partial charge in [0.1, 0.15) is 5.75 Å². The first kappa shape index (κ1) is 9.08. The summed E-state index contributed by atoms with van der Waals surface area (Å²) < 4.78 is 0. The lowest BCUT2D eigenvalue weighted by atomic mass is 10.3. The Hall–Kier alpha value is -1.01. The number of hydrogen-bond donors (Lipinski definition) is 1. The lowest BCUT2D eigenvalue weighted by molar-refractivity contribution is 0.471. The van der Waals surface area contributed by atoms with Gasteiger partial charge in [-0.2, -0.15) is 0 Å². The summed E-state index contributed by atoms with van der Waals surface area (Å²) in [7, 11) is 0. The predicted octanol–water partition coefficient (Wildman–Crippen LogP) is 1.92. The van der Waals surface area contributed by atoms with Gasteiger partial charge >= 0.3 is 0 Å². The normalized spacial score (nSPS) is 8.75. The average molecular weight is 226 g/mol. The largest absolute Gasteiger partial charge is 0.505 e. The van der Waals surface area contributed by atoms with Gasteiger partial charge in [0.25, 0.3) is 0 Å². The highest BCUT2D eigenvalue weighted by atomic mass is 79.9. The molecule has 12 heavy (non-hydrogen) atoms. The fourth-order valence-corrected chi connectivity index (χ4v) is 0.885. The molecule has 0 saturated carbocycles. The minimum atomic E-state index is 0.138. The van der Waals surface area contributed by atoms with Crippen LogP contribution in [0.25, 0.3) is 0 Å². The monoisotopic (exact) mass is 225 g/mol. The van der Waals surface area contributed by atoms with Gasteiger partial charge in [-0.25, -0.2) is 4.98 Å². The summed E-state index contributed by atoms with van der Waals surface area (Å²) in [5.74, 6) is 5.78. The van der Waals surface area contributed by atoms with Crippen molar-refractivity contribution >= 4 is 15.9 Å². The highest BCUT2D eigenvalue weighted by Crippen LogP contribution is 2.10. The van der Waals surface area contributed by atoms with Crippen molar-refractivity contribution in [1.29, 1.82) is 0 Å². The van der Waals surface area contributed by atoms with Crippen molar-refractivity contribution in [2.75, 3.05) is 5.33 Å². The molecule has 1 heterocycles. The Morgan fingerprint density at radius 3 is 3.08 bits per heavy atom. The van der Waals surface area contributed by atoms with Gasteiger partial charge in [0.2, 0.25) is 0 Å². The zero-order chi connectivity index (χ0) is 8.81. The standard InChI is InChI=1S/C9H8BrNO/c10-6-2-1-4-8-9(12)5-3-7-11-8/h3,5,7,12H,2,6H2. The Morgan fingerprint density at radius 2 is 2.42 bits per heavy atom. The first-order valence-corrected chi connectivity index (χ1v) is 4.65. The molecule has 62 valence electrons. The van der Waals surface area contributed by atoms with Gasteiger partial charge in [-0.1, -0.05) is 21.9 Å². The van der Waals surface area contributed by atoms with E-state index in [2.05, 4.69) is 32.8 Å². The third-order valence-corrected chi connectivity index (χ3v) is 1.61. The minimum Gasteiger partial charge on any atom is -0.505 e. The second kappa shape index (κ2) is 4.78. The van der Waals surface area contributed by atoms with Crippen LogP contribution in [0.4, 0.5) is 0 Å². The molecule has 3 heteroatoms. The molecular weight excluding hydrogens is 218 g/mol. The molecular formula is C9H8BrNO. The quantitative estimate of drug-likeness (QED) is 0.586. The van der Waals surface area contributed by atoms with Gasteiger partial charge in [-0.05, 0) is 18.1 Å². The van der Waals surface area contributed by atoms with Crippen molar-refractivity contribution in [2.24, 2.45) is 0 Å². The number of alkyl halides is 1. The number of halogens is 1. The van der Waals surface area contributed by atoms with Gasteiger partial charge in [-0.3, -0.25) is 0 Å². The zero-order valence-electron chi connectivity index (χ0n) is 6.42. The number of pyridine rings is 1. The topological polar surface area (TPSA) is 33.1 Å². The van der Waals surface area contributed by atoms with Crippen LogP contribution in [0, 0.1) is 11.8 Å². The molecule has 1 rings (SSSR count). The number of nitrogens with zero attached hydrogens (tertiary/aromatic N) is 1. The number of aromatic hydroxyl groups is 1. The van der Waals surface area contributed by atoms with Gasteiger partial charge < -0.3 is 5.11 Å². The molecule has 0 aliphatic heterocycles. The van der Waals surface area contributed by atoms with Gasteiger partial charge in [0.15, 0.2) is 5.69 Å². The van der Waals surface area contributed by atoms with Crippen molar-refractivity contribution < 1.29 is 5.11 Å². The summed E-state index contributed by atoms with van der Waals surface area (Å²) in [6.07, 6.45) is 2.37. The van der Waals surface area contributed by atoms with E-state index in [0.29, 0.717) is 5.69 Å². The molecule has 0 spiro atoms. The Bertz CT molecular complexity index is 314. The third-order valence-electron chi connectivity index (χ3n) is 1.21. The Labute approximate surface area is 79.8 Å². The van der Waals surface area contributed by atoms with Crippen molar-refractivity contribution in [3.8, 4) is 17.6 Å². The molecule has 0 aliphatic carbocycles. The molecule has 0 unspecified atom stereocenters. The summed E-state index contributed by atoms with van der Waals surface area (Å²) in [5, 5.41) is 10.1. The molecule has 0 fully saturated rings. The average Bonchev–Trinajstić information content (AvgIpc) is 2.09. The van der Waals surface area contributed by atoms with Gasteiger partial charge in [0.05, 0.1) is 0 Å². The van der Waals surface area contributed by atoms with Crippen LogP contribution in [-0.2, 0) is 0 Å². The zero-order valence-corrected chi connectivity index (χ0v) is 8.00. The van der Waals surface area contributed by atoms with E-state index in [4.69, 9.17) is 0 Å². The smallest absolute Gasteiger partial charge is 0.154 e. The van der Waals surface area contributed by atoms with E-state index in [0.717, 1.165) is 11.8 Å². The lowest BCUT2D eigenvalue weighted by Crippen LogP contribution is -1.81. The fraction of sp³-hybridized carbons (Fsp3) is 0.222. The molecule has 0 saturated heterocycles. The van der Waals surface area contributed by atoms with Crippen LogP contribution in [-0.4, -0.2) is 15.4 Å². The van der Waals surface area contributed by atoms with Crippen LogP contribution < -0.4 is 0 Å². The first-order chi connectivity index (χ1) is 5.84. The highest BCUT2D eigenvalue weighted by molar-refractivity contribution is 9.09. The molecule has 1 N–H and O–H groups in total. The Morgan fingerprint density at radius 1 is 1.58 bits per heavy atom. The Balaban J connectivity index is 2.77. The van der Waals surface area contributed by atoms with E-state index < -0.39 is 0 Å². The van der Waals surface area contributed by atoms with Crippen molar-refractivity contribution in [1.82, 2.24) is 4.98 Å². The van der Waals surface area contributed by atoms with Crippen LogP contribution in [0.2, 0.25) is 0 Å². The van der Waals surface area contributed by atoms with E-state index >= 15 is 0 Å². The fourth-order valence-electron chi connectivity index (χ4n) is 0.687. The molecule has 0 aliphatic rings. The van der Waals surface area contributed by atoms with E-state index in [1.165, 1.54) is 0 Å². The van der Waals surface area contributed by atoms with Crippen molar-refractivity contribution in [3.05, 3.63) is 24.0 Å². The van der Waals surface area contributed by atoms with E-state index in [1.807, 2.05) is 0 Å². The summed E-state index contributed by atoms with van der Waals surface area (Å²) in [5.41, 5.74) is 0.443. The highest BCUT2D eigenvalue weighted by Gasteiger charge is 1.94. The number of rotatable bonds is 1. The minimum absolute atomic E-state index is 0.138. The van der Waals surface area contributed by atoms with Crippen LogP contribution in [0.5, 0.6) is 5.75 Å². The first-order valence-electron chi connectivity index (χ1n) is 3.53. The maximum atomic E-state index is 9.23. The molecule has 1 aromatic heterocycles. The van der Waals surface area contributed by atoms with Crippen LogP contribution in [0.1, 0.15) is 12.1 Å². The summed E-state index contributed by atoms with van der Waals surface area (Å²) in [4.78, 5) is 3.91. The predicted molar refractivity (Wildman–Crippen MR) is 51.2 cm³/mol. The Kier molecular flexibility index (Phi) is 3.62.